The molecule has 1 heterocycles. The largest absolute Gasteiger partial charge is 0.287 e. The first-order valence-corrected chi connectivity index (χ1v) is 10.6. The summed E-state index contributed by atoms with van der Waals surface area (Å²) in [7, 11) is -3.89. The van der Waals surface area contributed by atoms with Crippen molar-refractivity contribution in [1.29, 1.82) is 0 Å². The Kier molecular flexibility index (Phi) is 4.48. The number of fused-ring (bicyclic) bond motifs is 1. The summed E-state index contributed by atoms with van der Waals surface area (Å²) in [6.07, 6.45) is 4.83. The predicted molar refractivity (Wildman–Crippen MR) is 106 cm³/mol. The third-order valence-electron chi connectivity index (χ3n) is 5.18. The second-order valence-electron chi connectivity index (χ2n) is 6.99. The van der Waals surface area contributed by atoms with Crippen LogP contribution in [0.4, 0.5) is 0 Å². The van der Waals surface area contributed by atoms with Crippen molar-refractivity contribution in [2.24, 2.45) is 5.92 Å². The molecule has 5 heteroatoms. The maximum absolute atomic E-state index is 13.4. The second-order valence-corrected chi connectivity index (χ2v) is 8.78. The lowest BCUT2D eigenvalue weighted by Crippen LogP contribution is -2.22. The van der Waals surface area contributed by atoms with Crippen molar-refractivity contribution in [3.8, 4) is 0 Å². The highest BCUT2D eigenvalue weighted by Gasteiger charge is 2.29. The Bertz CT molecular complexity index is 1140. The van der Waals surface area contributed by atoms with E-state index in [1.165, 1.54) is 3.97 Å². The molecule has 1 aliphatic rings. The number of benzene rings is 2. The average Bonchev–Trinajstić information content (AvgIpc) is 3.09. The van der Waals surface area contributed by atoms with Gasteiger partial charge in [0.15, 0.2) is 0 Å². The normalized spacial score (nSPS) is 17.7. The lowest BCUT2D eigenvalue weighted by molar-refractivity contribution is 0.101. The molecule has 138 valence electrons. The van der Waals surface area contributed by atoms with Crippen LogP contribution in [-0.2, 0) is 10.0 Å². The molecular formula is C22H21NO3S. The number of ketones is 1. The Hall–Kier alpha value is -2.66. The van der Waals surface area contributed by atoms with Gasteiger partial charge in [-0.25, -0.2) is 12.4 Å². The van der Waals surface area contributed by atoms with E-state index in [1.54, 1.807) is 48.5 Å². The number of para-hydroxylation sites is 1. The minimum atomic E-state index is -3.89. The van der Waals surface area contributed by atoms with Crippen molar-refractivity contribution in [3.63, 3.8) is 0 Å². The molecule has 4 nitrogen and oxygen atoms in total. The number of hydrogen-bond donors (Lipinski definition) is 0. The Morgan fingerprint density at radius 3 is 2.48 bits per heavy atom. The van der Waals surface area contributed by atoms with Gasteiger partial charge in [0.2, 0.25) is 5.78 Å². The van der Waals surface area contributed by atoms with E-state index >= 15 is 0 Å². The van der Waals surface area contributed by atoms with Gasteiger partial charge in [0.1, 0.15) is 5.69 Å². The van der Waals surface area contributed by atoms with Crippen LogP contribution in [0.15, 0.2) is 77.2 Å². The summed E-state index contributed by atoms with van der Waals surface area (Å²) in [5, 5.41) is 0.740. The van der Waals surface area contributed by atoms with Gasteiger partial charge in [-0.05, 0) is 49.4 Å². The molecule has 0 unspecified atom stereocenters. The van der Waals surface area contributed by atoms with Crippen LogP contribution >= 0.6 is 0 Å². The van der Waals surface area contributed by atoms with Gasteiger partial charge in [-0.15, -0.1) is 0 Å². The molecule has 1 atom stereocenters. The molecule has 3 aromatic rings. The second kappa shape index (κ2) is 6.82. The third kappa shape index (κ3) is 3.02. The predicted octanol–water partition coefficient (Wildman–Crippen LogP) is 4.81. The van der Waals surface area contributed by atoms with E-state index in [0.29, 0.717) is 11.1 Å². The number of Topliss-reactive ketones (excluding diaryl/α,β-unsaturated/α-hetero) is 1. The van der Waals surface area contributed by atoms with Crippen molar-refractivity contribution in [2.45, 2.75) is 31.1 Å². The maximum Gasteiger partial charge on any atom is 0.268 e. The van der Waals surface area contributed by atoms with E-state index in [9.17, 15) is 13.2 Å². The molecule has 0 N–H and O–H groups in total. The fourth-order valence-electron chi connectivity index (χ4n) is 3.75. The molecule has 0 radical (unpaired) electrons. The molecule has 2 aromatic carbocycles. The summed E-state index contributed by atoms with van der Waals surface area (Å²) >= 11 is 0. The maximum atomic E-state index is 13.4. The van der Waals surface area contributed by atoms with Gasteiger partial charge in [0, 0.05) is 11.0 Å². The van der Waals surface area contributed by atoms with Gasteiger partial charge in [0.25, 0.3) is 10.0 Å². The smallest absolute Gasteiger partial charge is 0.268 e. The van der Waals surface area contributed by atoms with Crippen LogP contribution in [0.3, 0.4) is 0 Å². The summed E-state index contributed by atoms with van der Waals surface area (Å²) in [5.74, 6) is -0.0601. The van der Waals surface area contributed by atoms with Crippen molar-refractivity contribution in [1.82, 2.24) is 3.97 Å². The minimum Gasteiger partial charge on any atom is -0.287 e. The van der Waals surface area contributed by atoms with Crippen LogP contribution < -0.4 is 0 Å². The fourth-order valence-corrected chi connectivity index (χ4v) is 5.28. The van der Waals surface area contributed by atoms with Gasteiger partial charge in [0.05, 0.1) is 10.4 Å². The Balaban J connectivity index is 1.96. The van der Waals surface area contributed by atoms with E-state index in [1.807, 2.05) is 25.1 Å². The number of carbonyl (C=O) groups is 1. The van der Waals surface area contributed by atoms with Gasteiger partial charge in [-0.1, -0.05) is 49.4 Å². The molecule has 0 amide bonds. The first-order valence-electron chi connectivity index (χ1n) is 9.16. The van der Waals surface area contributed by atoms with Crippen LogP contribution in [0.1, 0.15) is 36.7 Å². The van der Waals surface area contributed by atoms with Crippen LogP contribution in [0, 0.1) is 5.92 Å². The first kappa shape index (κ1) is 17.7. The molecule has 0 spiro atoms. The number of rotatable bonds is 4. The van der Waals surface area contributed by atoms with Gasteiger partial charge in [-0.3, -0.25) is 4.79 Å². The number of carbonyl (C=O) groups excluding carboxylic acids is 1. The topological polar surface area (TPSA) is 56.1 Å². The average molecular weight is 379 g/mol. The van der Waals surface area contributed by atoms with Crippen LogP contribution in [0.25, 0.3) is 10.9 Å². The number of nitrogens with zero attached hydrogens (tertiary/aromatic N) is 1. The lowest BCUT2D eigenvalue weighted by atomic mass is 9.86. The molecule has 0 aliphatic heterocycles. The molecule has 0 saturated heterocycles. The first-order chi connectivity index (χ1) is 13.0. The van der Waals surface area contributed by atoms with Crippen molar-refractivity contribution in [3.05, 3.63) is 78.0 Å². The number of allylic oxidation sites excluding steroid dienone is 2. The van der Waals surface area contributed by atoms with Crippen molar-refractivity contribution in [2.75, 3.05) is 0 Å². The van der Waals surface area contributed by atoms with Gasteiger partial charge < -0.3 is 0 Å². The molecule has 4 rings (SSSR count). The molecular weight excluding hydrogens is 358 g/mol. The standard InChI is InChI=1S/C22H21NO3S/c1-16-9-5-7-13-19(16)22(24)21-15-17-10-6-8-14-20(17)23(21)27(25,26)18-11-3-2-4-12-18/h2-4,6,8,10-16H,5,7,9H2,1H3/t16-/m0/s1. The highest BCUT2D eigenvalue weighted by Crippen LogP contribution is 2.31. The summed E-state index contributed by atoms with van der Waals surface area (Å²) < 4.78 is 28.0. The summed E-state index contributed by atoms with van der Waals surface area (Å²) in [6.45, 7) is 2.03. The van der Waals surface area contributed by atoms with E-state index in [0.717, 1.165) is 24.6 Å². The zero-order valence-electron chi connectivity index (χ0n) is 15.1. The number of aromatic nitrogens is 1. The molecule has 27 heavy (non-hydrogen) atoms. The summed E-state index contributed by atoms with van der Waals surface area (Å²) in [6, 6.07) is 17.2. The van der Waals surface area contributed by atoms with Gasteiger partial charge >= 0.3 is 0 Å². The Morgan fingerprint density at radius 2 is 1.74 bits per heavy atom. The third-order valence-corrected chi connectivity index (χ3v) is 6.92. The molecule has 1 aromatic heterocycles. The highest BCUT2D eigenvalue weighted by atomic mass is 32.2. The number of hydrogen-bond acceptors (Lipinski definition) is 3. The van der Waals surface area contributed by atoms with Crippen LogP contribution in [0.5, 0.6) is 0 Å². The Morgan fingerprint density at radius 1 is 1.04 bits per heavy atom. The molecule has 0 saturated carbocycles. The summed E-state index contributed by atoms with van der Waals surface area (Å²) in [4.78, 5) is 13.5. The van der Waals surface area contributed by atoms with Crippen LogP contribution in [-0.4, -0.2) is 18.2 Å². The molecule has 0 fully saturated rings. The SMILES string of the molecule is C[C@H]1CCCC=C1C(=O)c1cc2ccccc2n1S(=O)(=O)c1ccccc1. The highest BCUT2D eigenvalue weighted by molar-refractivity contribution is 7.90. The lowest BCUT2D eigenvalue weighted by Gasteiger charge is -2.20. The Labute approximate surface area is 159 Å². The minimum absolute atomic E-state index is 0.136. The van der Waals surface area contributed by atoms with Crippen molar-refractivity contribution < 1.29 is 13.2 Å². The monoisotopic (exact) mass is 379 g/mol. The van der Waals surface area contributed by atoms with Crippen LogP contribution in [0.2, 0.25) is 0 Å². The van der Waals surface area contributed by atoms with Gasteiger partial charge in [-0.2, -0.15) is 0 Å². The fraction of sp³-hybridized carbons (Fsp3) is 0.227. The van der Waals surface area contributed by atoms with E-state index in [-0.39, 0.29) is 22.3 Å². The van der Waals surface area contributed by atoms with E-state index in [4.69, 9.17) is 0 Å². The molecule has 1 aliphatic carbocycles. The van der Waals surface area contributed by atoms with E-state index < -0.39 is 10.0 Å². The van der Waals surface area contributed by atoms with Crippen molar-refractivity contribution >= 4 is 26.7 Å². The zero-order chi connectivity index (χ0) is 19.0. The molecule has 0 bridgehead atoms. The quantitative estimate of drug-likeness (QED) is 0.612. The van der Waals surface area contributed by atoms with E-state index in [2.05, 4.69) is 0 Å². The summed E-state index contributed by atoms with van der Waals surface area (Å²) in [5.41, 5.74) is 1.45. The zero-order valence-corrected chi connectivity index (χ0v) is 15.9.